The number of benzene rings is 3. The van der Waals surface area contributed by atoms with Crippen molar-refractivity contribution in [1.82, 2.24) is 5.32 Å². The molecule has 33 heavy (non-hydrogen) atoms. The number of para-hydroxylation sites is 1. The maximum Gasteiger partial charge on any atom is 0.339 e. The van der Waals surface area contributed by atoms with Crippen LogP contribution < -0.4 is 14.2 Å². The Morgan fingerprint density at radius 2 is 1.70 bits per heavy atom. The van der Waals surface area contributed by atoms with Crippen molar-refractivity contribution < 1.29 is 22.1 Å². The smallest absolute Gasteiger partial charge is 0.339 e. The minimum Gasteiger partial charge on any atom is -0.493 e. The van der Waals surface area contributed by atoms with Crippen molar-refractivity contribution in [2.75, 3.05) is 7.11 Å². The zero-order chi connectivity index (χ0) is 23.4. The number of carbonyl (C=O) groups excluding carboxylic acids is 1. The van der Waals surface area contributed by atoms with Gasteiger partial charge in [-0.15, -0.1) is 0 Å². The fraction of sp³-hybridized carbons (Fsp3) is 0.0833. The predicted molar refractivity (Wildman–Crippen MR) is 129 cm³/mol. The van der Waals surface area contributed by atoms with Gasteiger partial charge < -0.3 is 14.2 Å². The van der Waals surface area contributed by atoms with Gasteiger partial charge in [0.2, 0.25) is 0 Å². The summed E-state index contributed by atoms with van der Waals surface area (Å²) in [6.45, 7) is 1.87. The van der Waals surface area contributed by atoms with Gasteiger partial charge in [-0.1, -0.05) is 42.0 Å². The summed E-state index contributed by atoms with van der Waals surface area (Å²) in [7, 11) is -2.64. The van der Waals surface area contributed by atoms with Crippen LogP contribution in [-0.4, -0.2) is 26.6 Å². The molecule has 1 aliphatic heterocycles. The van der Waals surface area contributed by atoms with E-state index >= 15 is 0 Å². The molecule has 9 heteroatoms. The number of nitrogens with one attached hydrogen (secondary N) is 1. The normalized spacial score (nSPS) is 16.1. The summed E-state index contributed by atoms with van der Waals surface area (Å²) >= 11 is 1.20. The van der Waals surface area contributed by atoms with Gasteiger partial charge in [-0.25, -0.2) is 4.99 Å². The first-order valence-corrected chi connectivity index (χ1v) is 12.1. The highest BCUT2D eigenvalue weighted by Gasteiger charge is 2.24. The van der Waals surface area contributed by atoms with Crippen LogP contribution in [0.25, 0.3) is 6.08 Å². The number of amidine groups is 1. The van der Waals surface area contributed by atoms with Crippen molar-refractivity contribution in [3.8, 4) is 11.5 Å². The average molecular weight is 481 g/mol. The Bertz CT molecular complexity index is 1350. The number of nitrogens with zero attached hydrogens (tertiary/aromatic N) is 1. The second-order valence-corrected chi connectivity index (χ2v) is 9.66. The lowest BCUT2D eigenvalue weighted by atomic mass is 10.2. The molecule has 0 atom stereocenters. The second-order valence-electron chi connectivity index (χ2n) is 7.08. The molecule has 0 radical (unpaired) electrons. The molecule has 1 aliphatic rings. The summed E-state index contributed by atoms with van der Waals surface area (Å²) in [6.07, 6.45) is 1.64. The molecule has 1 fully saturated rings. The molecule has 3 aromatic carbocycles. The number of amides is 1. The molecular formula is C24H20N2O5S2. The molecule has 0 spiro atoms. The third-order valence-corrected chi connectivity index (χ3v) is 6.79. The lowest BCUT2D eigenvalue weighted by molar-refractivity contribution is -0.115. The van der Waals surface area contributed by atoms with E-state index in [1.807, 2.05) is 37.3 Å². The van der Waals surface area contributed by atoms with Gasteiger partial charge in [-0.2, -0.15) is 8.42 Å². The Kier molecular flexibility index (Phi) is 6.52. The van der Waals surface area contributed by atoms with Crippen LogP contribution in [0, 0.1) is 6.92 Å². The fourth-order valence-corrected chi connectivity index (χ4v) is 4.75. The second kappa shape index (κ2) is 9.51. The number of rotatable bonds is 6. The van der Waals surface area contributed by atoms with Crippen molar-refractivity contribution in [3.63, 3.8) is 0 Å². The first kappa shape index (κ1) is 22.6. The highest BCUT2D eigenvalue weighted by molar-refractivity contribution is 8.18. The molecule has 0 aliphatic carbocycles. The van der Waals surface area contributed by atoms with Gasteiger partial charge in [0, 0.05) is 0 Å². The third kappa shape index (κ3) is 5.44. The van der Waals surface area contributed by atoms with E-state index in [1.54, 1.807) is 30.3 Å². The van der Waals surface area contributed by atoms with Crippen LogP contribution in [0.5, 0.6) is 11.5 Å². The summed E-state index contributed by atoms with van der Waals surface area (Å²) in [5.74, 6) is -0.0167. The van der Waals surface area contributed by atoms with Crippen molar-refractivity contribution in [3.05, 3.63) is 88.8 Å². The Morgan fingerprint density at radius 3 is 2.39 bits per heavy atom. The molecule has 0 saturated carbocycles. The zero-order valence-corrected chi connectivity index (χ0v) is 19.4. The van der Waals surface area contributed by atoms with E-state index in [-0.39, 0.29) is 22.3 Å². The Hall–Kier alpha value is -3.56. The highest BCUT2D eigenvalue weighted by atomic mass is 32.2. The number of methoxy groups -OCH3 is 1. The molecule has 1 N–H and O–H groups in total. The Balaban J connectivity index is 1.60. The molecule has 4 rings (SSSR count). The Labute approximate surface area is 196 Å². The average Bonchev–Trinajstić information content (AvgIpc) is 3.13. The molecule has 168 valence electrons. The number of aliphatic imine (C=N–C) groups is 1. The van der Waals surface area contributed by atoms with E-state index in [4.69, 9.17) is 8.92 Å². The summed E-state index contributed by atoms with van der Waals surface area (Å²) in [6, 6.07) is 20.4. The van der Waals surface area contributed by atoms with Crippen molar-refractivity contribution in [2.45, 2.75) is 11.8 Å². The van der Waals surface area contributed by atoms with E-state index in [2.05, 4.69) is 10.3 Å². The topological polar surface area (TPSA) is 94.1 Å². The summed E-state index contributed by atoms with van der Waals surface area (Å²) in [4.78, 5) is 17.3. The van der Waals surface area contributed by atoms with Gasteiger partial charge in [0.25, 0.3) is 5.91 Å². The number of hydrogen-bond acceptors (Lipinski definition) is 7. The number of aryl methyl sites for hydroxylation is 1. The summed E-state index contributed by atoms with van der Waals surface area (Å²) in [5.41, 5.74) is 2.23. The fourth-order valence-electron chi connectivity index (χ4n) is 2.97. The third-order valence-electron chi connectivity index (χ3n) is 4.63. The largest absolute Gasteiger partial charge is 0.493 e. The minimum absolute atomic E-state index is 0.0222. The maximum absolute atomic E-state index is 12.7. The lowest BCUT2D eigenvalue weighted by Gasteiger charge is -2.12. The van der Waals surface area contributed by atoms with E-state index in [1.165, 1.54) is 37.1 Å². The molecule has 0 unspecified atom stereocenters. The van der Waals surface area contributed by atoms with Gasteiger partial charge in [0.1, 0.15) is 4.90 Å². The SMILES string of the molecule is COc1ccc(/C=C2\SC(=Nc3ccccc3)NC2=O)cc1OS(=O)(=O)c1ccc(C)cc1. The van der Waals surface area contributed by atoms with Crippen molar-refractivity contribution in [2.24, 2.45) is 4.99 Å². The van der Waals surface area contributed by atoms with Gasteiger partial charge >= 0.3 is 10.1 Å². The molecule has 0 bridgehead atoms. The number of thioether (sulfide) groups is 1. The van der Waals surface area contributed by atoms with Crippen molar-refractivity contribution >= 4 is 44.7 Å². The first-order chi connectivity index (χ1) is 15.8. The van der Waals surface area contributed by atoms with Crippen LogP contribution >= 0.6 is 11.8 Å². The molecule has 3 aromatic rings. The van der Waals surface area contributed by atoms with Gasteiger partial charge in [-0.3, -0.25) is 4.79 Å². The maximum atomic E-state index is 12.7. The van der Waals surface area contributed by atoms with Crippen LogP contribution in [0.2, 0.25) is 0 Å². The van der Waals surface area contributed by atoms with Gasteiger partial charge in [-0.05, 0) is 66.7 Å². The van der Waals surface area contributed by atoms with E-state index in [9.17, 15) is 13.2 Å². The highest BCUT2D eigenvalue weighted by Crippen LogP contribution is 2.34. The monoisotopic (exact) mass is 480 g/mol. The molecule has 1 saturated heterocycles. The molecule has 1 heterocycles. The number of hydrogen-bond donors (Lipinski definition) is 1. The van der Waals surface area contributed by atoms with Crippen LogP contribution in [0.15, 0.2) is 87.6 Å². The van der Waals surface area contributed by atoms with E-state index < -0.39 is 10.1 Å². The molecule has 1 amide bonds. The van der Waals surface area contributed by atoms with Crippen LogP contribution in [0.4, 0.5) is 5.69 Å². The van der Waals surface area contributed by atoms with Crippen LogP contribution in [-0.2, 0) is 14.9 Å². The predicted octanol–water partition coefficient (Wildman–Crippen LogP) is 4.66. The summed E-state index contributed by atoms with van der Waals surface area (Å²) in [5, 5.41) is 3.19. The van der Waals surface area contributed by atoms with Crippen LogP contribution in [0.1, 0.15) is 11.1 Å². The number of ether oxygens (including phenoxy) is 1. The number of carbonyl (C=O) groups is 1. The van der Waals surface area contributed by atoms with Crippen LogP contribution in [0.3, 0.4) is 0 Å². The lowest BCUT2D eigenvalue weighted by Crippen LogP contribution is -2.19. The van der Waals surface area contributed by atoms with E-state index in [0.717, 1.165) is 11.3 Å². The van der Waals surface area contributed by atoms with Gasteiger partial charge in [0.15, 0.2) is 16.7 Å². The molecule has 0 aromatic heterocycles. The quantitative estimate of drug-likeness (QED) is 0.407. The molecule has 7 nitrogen and oxygen atoms in total. The molecular weight excluding hydrogens is 460 g/mol. The zero-order valence-electron chi connectivity index (χ0n) is 17.8. The van der Waals surface area contributed by atoms with E-state index in [0.29, 0.717) is 15.6 Å². The minimum atomic E-state index is -4.07. The first-order valence-electron chi connectivity index (χ1n) is 9.88. The van der Waals surface area contributed by atoms with Crippen molar-refractivity contribution in [1.29, 1.82) is 0 Å². The van der Waals surface area contributed by atoms with Gasteiger partial charge in [0.05, 0.1) is 17.7 Å². The Morgan fingerprint density at radius 1 is 0.970 bits per heavy atom. The summed E-state index contributed by atoms with van der Waals surface area (Å²) < 4.78 is 36.1. The standard InChI is InChI=1S/C24H20N2O5S2/c1-16-8-11-19(12-9-16)33(28,29)31-21-14-17(10-13-20(21)30-2)15-22-23(27)26-24(32-22)25-18-6-4-3-5-7-18/h3-15H,1-2H3,(H,25,26,27)/b22-15-.